The van der Waals surface area contributed by atoms with Gasteiger partial charge in [0.15, 0.2) is 5.78 Å². The van der Waals surface area contributed by atoms with Gasteiger partial charge in [0.1, 0.15) is 0 Å². The molecule has 1 rings (SSSR count). The highest BCUT2D eigenvalue weighted by atomic mass is 16.6. The maximum Gasteiger partial charge on any atom is 0.287 e. The molecule has 0 radical (unpaired) electrons. The van der Waals surface area contributed by atoms with E-state index in [2.05, 4.69) is 23.7 Å². The van der Waals surface area contributed by atoms with Gasteiger partial charge < -0.3 is 4.98 Å². The molecule has 0 aliphatic heterocycles. The molecule has 1 aromatic heterocycles. The summed E-state index contributed by atoms with van der Waals surface area (Å²) in [6.07, 6.45) is 2.32. The van der Waals surface area contributed by atoms with Gasteiger partial charge in [0.25, 0.3) is 5.69 Å². The number of H-pyrrole nitrogens is 1. The molecule has 1 N–H and O–H groups in total. The lowest BCUT2D eigenvalue weighted by molar-refractivity contribution is -0.384. The van der Waals surface area contributed by atoms with E-state index in [4.69, 9.17) is 0 Å². The van der Waals surface area contributed by atoms with Gasteiger partial charge in [-0.25, -0.2) is 0 Å². The van der Waals surface area contributed by atoms with Gasteiger partial charge in [-0.15, -0.1) is 0 Å². The van der Waals surface area contributed by atoms with Crippen molar-refractivity contribution in [3.05, 3.63) is 28.1 Å². The number of carbonyl (C=O) groups excluding carboxylic acids is 1. The molecule has 1 heterocycles. The Balaban J connectivity index is 2.63. The summed E-state index contributed by atoms with van der Waals surface area (Å²) >= 11 is 0. The maximum absolute atomic E-state index is 12.0. The van der Waals surface area contributed by atoms with Crippen LogP contribution in [0.2, 0.25) is 0 Å². The topological polar surface area (TPSA) is 79.2 Å². The molecule has 0 saturated carbocycles. The van der Waals surface area contributed by atoms with E-state index in [1.807, 2.05) is 6.92 Å². The molecule has 0 aliphatic carbocycles. The van der Waals surface area contributed by atoms with E-state index < -0.39 is 4.92 Å². The summed E-state index contributed by atoms with van der Waals surface area (Å²) in [6, 6.07) is 1.29. The number of rotatable bonds is 8. The smallest absolute Gasteiger partial charge is 0.287 e. The van der Waals surface area contributed by atoms with E-state index >= 15 is 0 Å². The van der Waals surface area contributed by atoms with Crippen LogP contribution in [0.1, 0.15) is 37.7 Å². The molecule has 6 heteroatoms. The molecule has 6 nitrogen and oxygen atoms in total. The van der Waals surface area contributed by atoms with Crippen molar-refractivity contribution in [2.75, 3.05) is 19.6 Å². The lowest BCUT2D eigenvalue weighted by Gasteiger charge is -2.22. The molecular weight excluding hydrogens is 246 g/mol. The Labute approximate surface area is 112 Å². The fourth-order valence-corrected chi connectivity index (χ4v) is 1.81. The van der Waals surface area contributed by atoms with Gasteiger partial charge in [0, 0.05) is 12.6 Å². The number of likely N-dealkylation sites (N-methyl/N-ethyl adjacent to an activating group) is 1. The molecule has 0 fully saturated rings. The molecule has 0 spiro atoms. The van der Waals surface area contributed by atoms with Crippen LogP contribution in [0.25, 0.3) is 0 Å². The standard InChI is InChI=1S/C13H21N3O3/c1-4-10(3)8-15(5-2)9-13(17)12-6-11(7-14-12)16(18)19/h6-7,10,14H,4-5,8-9H2,1-3H3. The zero-order valence-corrected chi connectivity index (χ0v) is 11.7. The summed E-state index contributed by atoms with van der Waals surface area (Å²) < 4.78 is 0. The Morgan fingerprint density at radius 1 is 1.53 bits per heavy atom. The average molecular weight is 267 g/mol. The Bertz CT molecular complexity index is 442. The molecule has 19 heavy (non-hydrogen) atoms. The number of nitro groups is 1. The lowest BCUT2D eigenvalue weighted by Crippen LogP contribution is -2.33. The molecule has 1 aromatic rings. The molecule has 0 amide bonds. The maximum atomic E-state index is 12.0. The summed E-state index contributed by atoms with van der Waals surface area (Å²) in [4.78, 5) is 26.8. The Morgan fingerprint density at radius 2 is 2.21 bits per heavy atom. The molecule has 106 valence electrons. The second-order valence-corrected chi connectivity index (χ2v) is 4.79. The average Bonchev–Trinajstić information content (AvgIpc) is 2.87. The number of hydrogen-bond donors (Lipinski definition) is 1. The fourth-order valence-electron chi connectivity index (χ4n) is 1.81. The van der Waals surface area contributed by atoms with Crippen molar-refractivity contribution >= 4 is 11.5 Å². The van der Waals surface area contributed by atoms with Gasteiger partial charge in [-0.3, -0.25) is 19.8 Å². The highest BCUT2D eigenvalue weighted by Gasteiger charge is 2.17. The summed E-state index contributed by atoms with van der Waals surface area (Å²) in [5.41, 5.74) is 0.225. The second kappa shape index (κ2) is 7.04. The van der Waals surface area contributed by atoms with Gasteiger partial charge in [0.2, 0.25) is 0 Å². The number of ketones is 1. The molecule has 0 aliphatic rings. The van der Waals surface area contributed by atoms with Crippen LogP contribution in [0, 0.1) is 16.0 Å². The van der Waals surface area contributed by atoms with Crippen LogP contribution < -0.4 is 0 Å². The normalized spacial score (nSPS) is 12.6. The van der Waals surface area contributed by atoms with Crippen molar-refractivity contribution in [2.24, 2.45) is 5.92 Å². The zero-order chi connectivity index (χ0) is 14.4. The van der Waals surface area contributed by atoms with Gasteiger partial charge in [0.05, 0.1) is 23.4 Å². The van der Waals surface area contributed by atoms with Crippen LogP contribution in [-0.2, 0) is 0 Å². The molecule has 1 atom stereocenters. The first-order valence-corrected chi connectivity index (χ1v) is 6.56. The van der Waals surface area contributed by atoms with Crippen LogP contribution in [0.4, 0.5) is 5.69 Å². The third-order valence-electron chi connectivity index (χ3n) is 3.26. The first-order valence-electron chi connectivity index (χ1n) is 6.56. The summed E-state index contributed by atoms with van der Waals surface area (Å²) in [7, 11) is 0. The summed E-state index contributed by atoms with van der Waals surface area (Å²) in [6.45, 7) is 8.22. The third kappa shape index (κ3) is 4.48. The van der Waals surface area contributed by atoms with Crippen molar-refractivity contribution in [2.45, 2.75) is 27.2 Å². The summed E-state index contributed by atoms with van der Waals surface area (Å²) in [5.74, 6) is 0.420. The van der Waals surface area contributed by atoms with Crippen LogP contribution in [-0.4, -0.2) is 40.2 Å². The minimum absolute atomic E-state index is 0.0756. The molecular formula is C13H21N3O3. The molecule has 0 bridgehead atoms. The largest absolute Gasteiger partial charge is 0.353 e. The number of aromatic nitrogens is 1. The van der Waals surface area contributed by atoms with E-state index in [9.17, 15) is 14.9 Å². The Morgan fingerprint density at radius 3 is 2.68 bits per heavy atom. The van der Waals surface area contributed by atoms with Gasteiger partial charge in [-0.05, 0) is 12.5 Å². The van der Waals surface area contributed by atoms with Crippen molar-refractivity contribution in [1.82, 2.24) is 9.88 Å². The van der Waals surface area contributed by atoms with E-state index in [1.54, 1.807) is 0 Å². The van der Waals surface area contributed by atoms with Crippen molar-refractivity contribution in [1.29, 1.82) is 0 Å². The SMILES string of the molecule is CCC(C)CN(CC)CC(=O)c1cc([N+](=O)[O-])c[nH]1. The first-order chi connectivity index (χ1) is 8.97. The van der Waals surface area contributed by atoms with Crippen LogP contribution in [0.5, 0.6) is 0 Å². The van der Waals surface area contributed by atoms with Crippen LogP contribution in [0.15, 0.2) is 12.3 Å². The van der Waals surface area contributed by atoms with E-state index in [-0.39, 0.29) is 11.5 Å². The summed E-state index contributed by atoms with van der Waals surface area (Å²) in [5, 5.41) is 10.6. The van der Waals surface area contributed by atoms with Crippen LogP contribution >= 0.6 is 0 Å². The van der Waals surface area contributed by atoms with E-state index in [0.717, 1.165) is 19.5 Å². The number of nitrogens with one attached hydrogen (secondary N) is 1. The van der Waals surface area contributed by atoms with Crippen molar-refractivity contribution in [3.63, 3.8) is 0 Å². The number of nitrogens with zero attached hydrogens (tertiary/aromatic N) is 2. The number of Topliss-reactive ketones (excluding diaryl/α,β-unsaturated/α-hetero) is 1. The highest BCUT2D eigenvalue weighted by molar-refractivity contribution is 5.96. The first kappa shape index (κ1) is 15.4. The molecule has 1 unspecified atom stereocenters. The lowest BCUT2D eigenvalue weighted by atomic mass is 10.1. The predicted molar refractivity (Wildman–Crippen MR) is 73.3 cm³/mol. The Kier molecular flexibility index (Phi) is 5.69. The van der Waals surface area contributed by atoms with Crippen molar-refractivity contribution < 1.29 is 9.72 Å². The van der Waals surface area contributed by atoms with Crippen molar-refractivity contribution in [3.8, 4) is 0 Å². The minimum Gasteiger partial charge on any atom is -0.353 e. The van der Waals surface area contributed by atoms with Gasteiger partial charge >= 0.3 is 0 Å². The molecule has 0 aromatic carbocycles. The number of aromatic amines is 1. The fraction of sp³-hybridized carbons (Fsp3) is 0.615. The zero-order valence-electron chi connectivity index (χ0n) is 11.7. The third-order valence-corrected chi connectivity index (χ3v) is 3.26. The highest BCUT2D eigenvalue weighted by Crippen LogP contribution is 2.13. The quantitative estimate of drug-likeness (QED) is 0.446. The molecule has 0 saturated heterocycles. The number of carbonyl (C=O) groups is 1. The predicted octanol–water partition coefficient (Wildman–Crippen LogP) is 2.47. The van der Waals surface area contributed by atoms with Crippen LogP contribution in [0.3, 0.4) is 0 Å². The monoisotopic (exact) mass is 267 g/mol. The Hall–Kier alpha value is -1.69. The second-order valence-electron chi connectivity index (χ2n) is 4.79. The van der Waals surface area contributed by atoms with E-state index in [0.29, 0.717) is 18.2 Å². The number of hydrogen-bond acceptors (Lipinski definition) is 4. The minimum atomic E-state index is -0.510. The van der Waals surface area contributed by atoms with E-state index in [1.165, 1.54) is 12.3 Å². The van der Waals surface area contributed by atoms with Gasteiger partial charge in [-0.2, -0.15) is 0 Å². The van der Waals surface area contributed by atoms with Gasteiger partial charge in [-0.1, -0.05) is 27.2 Å².